The van der Waals surface area contributed by atoms with Gasteiger partial charge in [-0.3, -0.25) is 0 Å². The minimum atomic E-state index is 0.959. The zero-order valence-electron chi connectivity index (χ0n) is 6.59. The van der Waals surface area contributed by atoms with Gasteiger partial charge in [0.1, 0.15) is 12.8 Å². The van der Waals surface area contributed by atoms with Crippen molar-refractivity contribution in [3.8, 4) is 0 Å². The van der Waals surface area contributed by atoms with Gasteiger partial charge in [0.2, 0.25) is 0 Å². The van der Waals surface area contributed by atoms with Crippen LogP contribution in [0, 0.1) is 0 Å². The molecule has 10 heavy (non-hydrogen) atoms. The summed E-state index contributed by atoms with van der Waals surface area (Å²) in [5.74, 6) is 0.959. The maximum atomic E-state index is 5.05. The first kappa shape index (κ1) is 7.06. The van der Waals surface area contributed by atoms with Gasteiger partial charge in [-0.25, -0.2) is 4.58 Å². The van der Waals surface area contributed by atoms with Gasteiger partial charge in [0.25, 0.3) is 0 Å². The summed E-state index contributed by atoms with van der Waals surface area (Å²) < 4.78 is 7.05. The maximum absolute atomic E-state index is 5.05. The molecule has 0 aliphatic carbocycles. The first-order chi connectivity index (χ1) is 4.74. The van der Waals surface area contributed by atoms with Crippen molar-refractivity contribution >= 4 is 6.21 Å². The van der Waals surface area contributed by atoms with Crippen molar-refractivity contribution in [1.29, 1.82) is 0 Å². The van der Waals surface area contributed by atoms with Crippen molar-refractivity contribution in [2.45, 2.75) is 6.92 Å². The Morgan fingerprint density at radius 1 is 1.60 bits per heavy atom. The van der Waals surface area contributed by atoms with E-state index in [9.17, 15) is 0 Å². The molecule has 2 heteroatoms. The Kier molecular flexibility index (Phi) is 1.90. The van der Waals surface area contributed by atoms with E-state index in [0.29, 0.717) is 0 Å². The van der Waals surface area contributed by atoms with E-state index in [4.69, 9.17) is 4.74 Å². The average molecular weight is 138 g/mol. The molecule has 0 aromatic heterocycles. The highest BCUT2D eigenvalue weighted by Crippen LogP contribution is 2.07. The van der Waals surface area contributed by atoms with Crippen LogP contribution in [0.4, 0.5) is 0 Å². The number of methoxy groups -OCH3 is 1. The van der Waals surface area contributed by atoms with E-state index < -0.39 is 0 Å². The predicted molar refractivity (Wildman–Crippen MR) is 41.1 cm³/mol. The second-order valence-corrected chi connectivity index (χ2v) is 2.33. The first-order valence-electron chi connectivity index (χ1n) is 3.24. The molecule has 1 aliphatic rings. The summed E-state index contributed by atoms with van der Waals surface area (Å²) in [4.78, 5) is 0. The number of allylic oxidation sites excluding steroid dienone is 3. The summed E-state index contributed by atoms with van der Waals surface area (Å²) in [6.07, 6.45) is 6.05. The van der Waals surface area contributed by atoms with Crippen molar-refractivity contribution < 1.29 is 9.31 Å². The molecular weight excluding hydrogens is 126 g/mol. The fourth-order valence-electron chi connectivity index (χ4n) is 0.829. The topological polar surface area (TPSA) is 12.2 Å². The lowest BCUT2D eigenvalue weighted by atomic mass is 10.3. The van der Waals surface area contributed by atoms with Gasteiger partial charge < -0.3 is 4.74 Å². The SMILES string of the molecule is CO/C(C)=C1\C=C[N+](C)=C1. The van der Waals surface area contributed by atoms with Crippen LogP contribution in [0.5, 0.6) is 0 Å². The maximum Gasteiger partial charge on any atom is 0.179 e. The molecule has 0 aromatic carbocycles. The fourth-order valence-corrected chi connectivity index (χ4v) is 0.829. The molecular formula is C8H12NO+. The minimum Gasteiger partial charge on any atom is -0.501 e. The fraction of sp³-hybridized carbons (Fsp3) is 0.375. The highest BCUT2D eigenvalue weighted by molar-refractivity contribution is 5.80. The second kappa shape index (κ2) is 2.69. The Labute approximate surface area is 61.1 Å². The molecule has 1 rings (SSSR count). The lowest BCUT2D eigenvalue weighted by molar-refractivity contribution is -0.413. The Morgan fingerprint density at radius 2 is 2.30 bits per heavy atom. The number of hydrogen-bond donors (Lipinski definition) is 0. The second-order valence-electron chi connectivity index (χ2n) is 2.33. The van der Waals surface area contributed by atoms with Crippen molar-refractivity contribution in [3.05, 3.63) is 23.6 Å². The van der Waals surface area contributed by atoms with Crippen LogP contribution in [-0.2, 0) is 4.74 Å². The van der Waals surface area contributed by atoms with Crippen molar-refractivity contribution in [3.63, 3.8) is 0 Å². The van der Waals surface area contributed by atoms with Crippen LogP contribution < -0.4 is 0 Å². The molecule has 0 unspecified atom stereocenters. The normalized spacial score (nSPS) is 20.9. The van der Waals surface area contributed by atoms with Gasteiger partial charge in [0, 0.05) is 6.08 Å². The first-order valence-corrected chi connectivity index (χ1v) is 3.24. The molecule has 0 saturated carbocycles. The van der Waals surface area contributed by atoms with E-state index >= 15 is 0 Å². The van der Waals surface area contributed by atoms with Crippen LogP contribution in [0.25, 0.3) is 0 Å². The smallest absolute Gasteiger partial charge is 0.179 e. The molecule has 1 heterocycles. The molecule has 0 fully saturated rings. The summed E-state index contributed by atoms with van der Waals surface area (Å²) in [6, 6.07) is 0. The van der Waals surface area contributed by atoms with Crippen molar-refractivity contribution in [2.75, 3.05) is 14.2 Å². The van der Waals surface area contributed by atoms with Gasteiger partial charge in [0.15, 0.2) is 12.4 Å². The Hall–Kier alpha value is -1.05. The minimum absolute atomic E-state index is 0.959. The van der Waals surface area contributed by atoms with Crippen LogP contribution in [0.15, 0.2) is 23.6 Å². The predicted octanol–water partition coefficient (Wildman–Crippen LogP) is 1.15. The summed E-state index contributed by atoms with van der Waals surface area (Å²) in [7, 11) is 3.68. The molecule has 0 amide bonds. The van der Waals surface area contributed by atoms with E-state index in [2.05, 4.69) is 0 Å². The molecule has 0 spiro atoms. The Balaban J connectivity index is 2.88. The van der Waals surface area contributed by atoms with Crippen LogP contribution in [-0.4, -0.2) is 24.9 Å². The lowest BCUT2D eigenvalue weighted by Crippen LogP contribution is -1.93. The van der Waals surface area contributed by atoms with Gasteiger partial charge in [-0.1, -0.05) is 0 Å². The molecule has 2 nitrogen and oxygen atoms in total. The summed E-state index contributed by atoms with van der Waals surface area (Å²) in [6.45, 7) is 1.95. The molecule has 54 valence electrons. The number of rotatable bonds is 1. The van der Waals surface area contributed by atoms with Gasteiger partial charge >= 0.3 is 0 Å². The summed E-state index contributed by atoms with van der Waals surface area (Å²) >= 11 is 0. The van der Waals surface area contributed by atoms with E-state index in [-0.39, 0.29) is 0 Å². The monoisotopic (exact) mass is 138 g/mol. The van der Waals surface area contributed by atoms with E-state index in [1.807, 2.05) is 37.0 Å². The zero-order valence-corrected chi connectivity index (χ0v) is 6.59. The van der Waals surface area contributed by atoms with Crippen LogP contribution in [0.1, 0.15) is 6.92 Å². The molecule has 0 saturated heterocycles. The van der Waals surface area contributed by atoms with Crippen LogP contribution in [0.3, 0.4) is 0 Å². The van der Waals surface area contributed by atoms with E-state index in [1.54, 1.807) is 7.11 Å². The number of hydrogen-bond acceptors (Lipinski definition) is 1. The summed E-state index contributed by atoms with van der Waals surface area (Å²) in [5, 5.41) is 0. The van der Waals surface area contributed by atoms with Gasteiger partial charge in [-0.2, -0.15) is 0 Å². The lowest BCUT2D eigenvalue weighted by Gasteiger charge is -1.96. The molecule has 0 radical (unpaired) electrons. The van der Waals surface area contributed by atoms with Gasteiger partial charge in [-0.15, -0.1) is 0 Å². The molecule has 0 N–H and O–H groups in total. The van der Waals surface area contributed by atoms with Crippen molar-refractivity contribution in [1.82, 2.24) is 0 Å². The Bertz CT molecular complexity index is 223. The molecule has 0 atom stereocenters. The van der Waals surface area contributed by atoms with Gasteiger partial charge in [-0.05, 0) is 6.92 Å². The third-order valence-electron chi connectivity index (χ3n) is 1.54. The standard InChI is InChI=1S/C8H12NO/c1-7(10-3)8-4-5-9(2)6-8/h4-6H,1-3H3/q+1/b8-7+. The molecule has 0 bridgehead atoms. The number of ether oxygens (including phenoxy) is 1. The Morgan fingerprint density at radius 3 is 2.70 bits per heavy atom. The quantitative estimate of drug-likeness (QED) is 0.391. The summed E-state index contributed by atoms with van der Waals surface area (Å²) in [5.41, 5.74) is 1.14. The highest BCUT2D eigenvalue weighted by Gasteiger charge is 2.07. The van der Waals surface area contributed by atoms with Crippen molar-refractivity contribution in [2.24, 2.45) is 0 Å². The highest BCUT2D eigenvalue weighted by atomic mass is 16.5. The van der Waals surface area contributed by atoms with E-state index in [0.717, 1.165) is 11.3 Å². The average Bonchev–Trinajstić information content (AvgIpc) is 2.34. The third kappa shape index (κ3) is 1.26. The third-order valence-corrected chi connectivity index (χ3v) is 1.54. The van der Waals surface area contributed by atoms with Crippen LogP contribution >= 0.6 is 0 Å². The molecule has 1 aliphatic heterocycles. The largest absolute Gasteiger partial charge is 0.501 e. The zero-order chi connectivity index (χ0) is 7.56. The molecule has 0 aromatic rings. The number of nitrogens with zero attached hydrogens (tertiary/aromatic N) is 1. The van der Waals surface area contributed by atoms with Crippen LogP contribution in [0.2, 0.25) is 0 Å². The van der Waals surface area contributed by atoms with Gasteiger partial charge in [0.05, 0.1) is 12.7 Å². The van der Waals surface area contributed by atoms with E-state index in [1.165, 1.54) is 0 Å².